The molecular weight excluding hydrogens is 398 g/mol. The van der Waals surface area contributed by atoms with Crippen LogP contribution in [0.1, 0.15) is 21.5 Å². The van der Waals surface area contributed by atoms with Gasteiger partial charge in [0.25, 0.3) is 5.91 Å². The van der Waals surface area contributed by atoms with Crippen LogP contribution in [0.3, 0.4) is 0 Å². The zero-order valence-electron chi connectivity index (χ0n) is 15.4. The SMILES string of the molecule is COc1ccc(C=C2SC(=S)N(c3ccc(C)c(C(=O)O)c3)C2=O)c(OC)c1. The number of carboxylic acids is 1. The van der Waals surface area contributed by atoms with E-state index in [4.69, 9.17) is 21.7 Å². The lowest BCUT2D eigenvalue weighted by Gasteiger charge is -2.16. The van der Waals surface area contributed by atoms with Crippen LogP contribution < -0.4 is 14.4 Å². The van der Waals surface area contributed by atoms with Gasteiger partial charge in [-0.3, -0.25) is 9.69 Å². The van der Waals surface area contributed by atoms with Crippen LogP contribution in [0.25, 0.3) is 6.08 Å². The third-order valence-corrected chi connectivity index (χ3v) is 5.53. The Morgan fingerprint density at radius 1 is 1.18 bits per heavy atom. The van der Waals surface area contributed by atoms with Gasteiger partial charge >= 0.3 is 5.97 Å². The van der Waals surface area contributed by atoms with Crippen LogP contribution in [-0.4, -0.2) is 35.5 Å². The number of carbonyl (C=O) groups is 2. The first-order chi connectivity index (χ1) is 13.3. The van der Waals surface area contributed by atoms with Gasteiger partial charge in [0.15, 0.2) is 4.32 Å². The molecule has 0 radical (unpaired) electrons. The fourth-order valence-corrected chi connectivity index (χ4v) is 4.04. The van der Waals surface area contributed by atoms with Gasteiger partial charge in [-0.15, -0.1) is 0 Å². The third kappa shape index (κ3) is 3.74. The Morgan fingerprint density at radius 3 is 2.57 bits per heavy atom. The van der Waals surface area contributed by atoms with Crippen LogP contribution in [0.5, 0.6) is 11.5 Å². The number of rotatable bonds is 5. The maximum atomic E-state index is 12.9. The summed E-state index contributed by atoms with van der Waals surface area (Å²) < 4.78 is 10.9. The number of aryl methyl sites for hydroxylation is 1. The molecule has 0 unspecified atom stereocenters. The van der Waals surface area contributed by atoms with Gasteiger partial charge in [0.2, 0.25) is 0 Å². The minimum Gasteiger partial charge on any atom is -0.497 e. The lowest BCUT2D eigenvalue weighted by molar-refractivity contribution is -0.113. The summed E-state index contributed by atoms with van der Waals surface area (Å²) in [5.74, 6) is -0.160. The molecule has 1 N–H and O–H groups in total. The molecular formula is C20H17NO5S2. The average Bonchev–Trinajstić information content (AvgIpc) is 2.95. The lowest BCUT2D eigenvalue weighted by atomic mass is 10.1. The number of carboxylic acid groups (broad SMARTS) is 1. The van der Waals surface area contributed by atoms with E-state index < -0.39 is 5.97 Å². The highest BCUT2D eigenvalue weighted by molar-refractivity contribution is 8.27. The summed E-state index contributed by atoms with van der Waals surface area (Å²) in [6, 6.07) is 10.1. The third-order valence-electron chi connectivity index (χ3n) is 4.23. The fourth-order valence-electron chi connectivity index (χ4n) is 2.75. The highest BCUT2D eigenvalue weighted by Gasteiger charge is 2.34. The Morgan fingerprint density at radius 2 is 1.93 bits per heavy atom. The number of nitrogens with zero attached hydrogens (tertiary/aromatic N) is 1. The van der Waals surface area contributed by atoms with Gasteiger partial charge in [-0.2, -0.15) is 0 Å². The number of hydrogen-bond acceptors (Lipinski definition) is 6. The molecule has 6 nitrogen and oxygen atoms in total. The van der Waals surface area contributed by atoms with Crippen molar-refractivity contribution in [3.63, 3.8) is 0 Å². The number of methoxy groups -OCH3 is 2. The summed E-state index contributed by atoms with van der Waals surface area (Å²) in [4.78, 5) is 26.1. The molecule has 1 saturated heterocycles. The normalized spacial score (nSPS) is 15.2. The van der Waals surface area contributed by atoms with E-state index in [-0.39, 0.29) is 11.5 Å². The van der Waals surface area contributed by atoms with E-state index in [0.29, 0.717) is 37.5 Å². The zero-order chi connectivity index (χ0) is 20.4. The van der Waals surface area contributed by atoms with Gasteiger partial charge in [0.1, 0.15) is 11.5 Å². The van der Waals surface area contributed by atoms with E-state index in [1.54, 1.807) is 50.4 Å². The summed E-state index contributed by atoms with van der Waals surface area (Å²) in [6.07, 6.45) is 1.70. The van der Waals surface area contributed by atoms with Crippen LogP contribution in [0, 0.1) is 6.92 Å². The molecule has 1 fully saturated rings. The summed E-state index contributed by atoms with van der Waals surface area (Å²) in [7, 11) is 3.10. The lowest BCUT2D eigenvalue weighted by Crippen LogP contribution is -2.27. The van der Waals surface area contributed by atoms with Gasteiger partial charge in [-0.25, -0.2) is 4.79 Å². The van der Waals surface area contributed by atoms with E-state index in [1.807, 2.05) is 0 Å². The smallest absolute Gasteiger partial charge is 0.336 e. The van der Waals surface area contributed by atoms with Crippen molar-refractivity contribution in [2.75, 3.05) is 19.1 Å². The second kappa shape index (κ2) is 8.04. The van der Waals surface area contributed by atoms with Gasteiger partial charge in [0.05, 0.1) is 30.4 Å². The first kappa shape index (κ1) is 19.9. The first-order valence-electron chi connectivity index (χ1n) is 8.19. The van der Waals surface area contributed by atoms with Crippen molar-refractivity contribution in [2.45, 2.75) is 6.92 Å². The number of carbonyl (C=O) groups excluding carboxylic acids is 1. The number of amides is 1. The zero-order valence-corrected chi connectivity index (χ0v) is 17.0. The van der Waals surface area contributed by atoms with E-state index in [9.17, 15) is 14.7 Å². The molecule has 0 aromatic heterocycles. The Hall–Kier alpha value is -2.84. The topological polar surface area (TPSA) is 76.1 Å². The van der Waals surface area contributed by atoms with Crippen molar-refractivity contribution in [3.8, 4) is 11.5 Å². The highest BCUT2D eigenvalue weighted by Crippen LogP contribution is 2.38. The average molecular weight is 415 g/mol. The predicted molar refractivity (Wildman–Crippen MR) is 113 cm³/mol. The molecule has 0 saturated carbocycles. The summed E-state index contributed by atoms with van der Waals surface area (Å²) in [5.41, 5.74) is 1.88. The van der Waals surface area contributed by atoms with Crippen molar-refractivity contribution in [1.82, 2.24) is 0 Å². The molecule has 144 valence electrons. The Bertz CT molecular complexity index is 1020. The summed E-state index contributed by atoms with van der Waals surface area (Å²) in [5, 5.41) is 9.33. The molecule has 0 aliphatic carbocycles. The Kier molecular flexibility index (Phi) is 5.71. The van der Waals surface area contributed by atoms with Crippen molar-refractivity contribution in [2.24, 2.45) is 0 Å². The van der Waals surface area contributed by atoms with Crippen LogP contribution in [-0.2, 0) is 4.79 Å². The molecule has 0 bridgehead atoms. The van der Waals surface area contributed by atoms with Crippen LogP contribution in [0.4, 0.5) is 5.69 Å². The largest absolute Gasteiger partial charge is 0.497 e. The van der Waals surface area contributed by atoms with Crippen LogP contribution in [0.15, 0.2) is 41.3 Å². The van der Waals surface area contributed by atoms with Gasteiger partial charge in [-0.1, -0.05) is 30.0 Å². The highest BCUT2D eigenvalue weighted by atomic mass is 32.2. The standard InChI is InChI=1S/C20H17NO5S2/c1-11-4-6-13(9-15(11)19(23)24)21-18(22)17(28-20(21)27)8-12-5-7-14(25-2)10-16(12)26-3/h4-10H,1-3H3,(H,23,24). The van der Waals surface area contributed by atoms with E-state index in [2.05, 4.69) is 0 Å². The van der Waals surface area contributed by atoms with Crippen molar-refractivity contribution in [3.05, 3.63) is 58.0 Å². The number of anilines is 1. The molecule has 0 spiro atoms. The fraction of sp³-hybridized carbons (Fsp3) is 0.150. The number of ether oxygens (including phenoxy) is 2. The number of aromatic carboxylic acids is 1. The number of thioether (sulfide) groups is 1. The van der Waals surface area contributed by atoms with Gasteiger partial charge in [-0.05, 0) is 42.8 Å². The molecule has 3 rings (SSSR count). The van der Waals surface area contributed by atoms with E-state index >= 15 is 0 Å². The van der Waals surface area contributed by atoms with Crippen LogP contribution in [0.2, 0.25) is 0 Å². The van der Waals surface area contributed by atoms with Crippen molar-refractivity contribution in [1.29, 1.82) is 0 Å². The minimum atomic E-state index is -1.05. The van der Waals surface area contributed by atoms with E-state index in [0.717, 1.165) is 11.8 Å². The minimum absolute atomic E-state index is 0.132. The summed E-state index contributed by atoms with van der Waals surface area (Å²) >= 11 is 6.52. The van der Waals surface area contributed by atoms with Crippen LogP contribution >= 0.6 is 24.0 Å². The number of thiocarbonyl (C=S) groups is 1. The Balaban J connectivity index is 1.98. The monoisotopic (exact) mass is 415 g/mol. The molecule has 8 heteroatoms. The van der Waals surface area contributed by atoms with Gasteiger partial charge < -0.3 is 14.6 Å². The second-order valence-corrected chi connectivity index (χ2v) is 7.61. The molecule has 1 aliphatic heterocycles. The second-order valence-electron chi connectivity index (χ2n) is 5.93. The molecule has 2 aromatic carbocycles. The van der Waals surface area contributed by atoms with Crippen molar-refractivity contribution < 1.29 is 24.2 Å². The molecule has 0 atom stereocenters. The quantitative estimate of drug-likeness (QED) is 0.582. The van der Waals surface area contributed by atoms with E-state index in [1.165, 1.54) is 18.1 Å². The van der Waals surface area contributed by atoms with Crippen molar-refractivity contribution >= 4 is 51.9 Å². The maximum absolute atomic E-state index is 12.9. The number of hydrogen-bond donors (Lipinski definition) is 1. The predicted octanol–water partition coefficient (Wildman–Crippen LogP) is 4.12. The maximum Gasteiger partial charge on any atom is 0.336 e. The molecule has 1 amide bonds. The molecule has 1 heterocycles. The number of benzene rings is 2. The van der Waals surface area contributed by atoms with Gasteiger partial charge in [0, 0.05) is 11.6 Å². The first-order valence-corrected chi connectivity index (χ1v) is 9.42. The summed E-state index contributed by atoms with van der Waals surface area (Å²) in [6.45, 7) is 1.70. The Labute approximate surface area is 171 Å². The molecule has 28 heavy (non-hydrogen) atoms. The molecule has 1 aliphatic rings. The molecule has 2 aromatic rings.